The first-order chi connectivity index (χ1) is 16.1. The van der Waals surface area contributed by atoms with E-state index in [9.17, 15) is 27.6 Å². The van der Waals surface area contributed by atoms with E-state index in [1.807, 2.05) is 0 Å². The second kappa shape index (κ2) is 9.28. The number of hydrogen-bond acceptors (Lipinski definition) is 5. The van der Waals surface area contributed by atoms with Gasteiger partial charge in [0.15, 0.2) is 6.10 Å². The number of nitrogens with one attached hydrogen (secondary N) is 1. The molecule has 7 nitrogen and oxygen atoms in total. The number of alkyl halides is 3. The van der Waals surface area contributed by atoms with Crippen LogP contribution in [-0.4, -0.2) is 27.5 Å². The Kier molecular flexibility index (Phi) is 6.41. The van der Waals surface area contributed by atoms with Crippen molar-refractivity contribution in [3.63, 3.8) is 0 Å². The van der Waals surface area contributed by atoms with Crippen molar-refractivity contribution in [3.05, 3.63) is 69.8 Å². The topological polar surface area (TPSA) is 90.3 Å². The molecule has 0 saturated heterocycles. The van der Waals surface area contributed by atoms with Gasteiger partial charge in [0.2, 0.25) is 0 Å². The summed E-state index contributed by atoms with van der Waals surface area (Å²) in [6.07, 6.45) is -2.31. The predicted molar refractivity (Wildman–Crippen MR) is 119 cm³/mol. The second-order valence-corrected chi connectivity index (χ2v) is 8.14. The highest BCUT2D eigenvalue weighted by Crippen LogP contribution is 2.30. The molecular formula is C24H22F3N3O4. The van der Waals surface area contributed by atoms with Crippen molar-refractivity contribution in [1.29, 1.82) is 0 Å². The maximum Gasteiger partial charge on any atom is 0.416 e. The largest absolute Gasteiger partial charge is 0.449 e. The van der Waals surface area contributed by atoms with Crippen LogP contribution >= 0.6 is 0 Å². The number of halogens is 3. The van der Waals surface area contributed by atoms with Gasteiger partial charge in [-0.2, -0.15) is 13.2 Å². The molecule has 1 aliphatic rings. The highest BCUT2D eigenvalue weighted by molar-refractivity contribution is 5.98. The monoisotopic (exact) mass is 473 g/mol. The molecule has 0 saturated carbocycles. The number of hydrogen-bond donors (Lipinski definition) is 1. The van der Waals surface area contributed by atoms with Crippen molar-refractivity contribution in [1.82, 2.24) is 9.55 Å². The van der Waals surface area contributed by atoms with Crippen LogP contribution in [-0.2, 0) is 28.7 Å². The minimum atomic E-state index is -4.55. The Bertz CT molecular complexity index is 1320. The lowest BCUT2D eigenvalue weighted by Crippen LogP contribution is -2.30. The third kappa shape index (κ3) is 4.95. The van der Waals surface area contributed by atoms with Gasteiger partial charge in [-0.3, -0.25) is 14.2 Å². The molecule has 4 rings (SSSR count). The first-order valence-electron chi connectivity index (χ1n) is 10.9. The number of rotatable bonds is 4. The van der Waals surface area contributed by atoms with E-state index in [0.717, 1.165) is 31.4 Å². The highest BCUT2D eigenvalue weighted by Gasteiger charge is 2.30. The third-order valence-electron chi connectivity index (χ3n) is 5.66. The number of aromatic nitrogens is 2. The zero-order valence-corrected chi connectivity index (χ0v) is 18.3. The molecular weight excluding hydrogens is 451 g/mol. The third-order valence-corrected chi connectivity index (χ3v) is 5.66. The van der Waals surface area contributed by atoms with E-state index >= 15 is 0 Å². The fourth-order valence-electron chi connectivity index (χ4n) is 3.84. The number of benzene rings is 2. The number of esters is 1. The van der Waals surface area contributed by atoms with Gasteiger partial charge >= 0.3 is 12.1 Å². The molecule has 1 aromatic heterocycles. The van der Waals surface area contributed by atoms with Gasteiger partial charge in [-0.15, -0.1) is 0 Å². The molecule has 1 aliphatic heterocycles. The zero-order chi connectivity index (χ0) is 24.5. The van der Waals surface area contributed by atoms with E-state index in [1.165, 1.54) is 37.3 Å². The van der Waals surface area contributed by atoms with Gasteiger partial charge in [0.25, 0.3) is 11.5 Å². The van der Waals surface area contributed by atoms with Crippen LogP contribution in [0.5, 0.6) is 0 Å². The van der Waals surface area contributed by atoms with Crippen molar-refractivity contribution in [3.8, 4) is 0 Å². The Balaban J connectivity index is 1.49. The Morgan fingerprint density at radius 2 is 1.91 bits per heavy atom. The molecule has 2 aromatic carbocycles. The SMILES string of the molecule is CC(OC(=O)c1ccc2c(=O)n3c(nc2c1)CCCCC3)C(=O)Nc1cccc(C(F)(F)F)c1. The van der Waals surface area contributed by atoms with E-state index in [1.54, 1.807) is 4.57 Å². The minimum absolute atomic E-state index is 0.0706. The first-order valence-corrected chi connectivity index (χ1v) is 10.9. The van der Waals surface area contributed by atoms with E-state index in [2.05, 4.69) is 10.3 Å². The molecule has 2 heterocycles. The molecule has 0 fully saturated rings. The Morgan fingerprint density at radius 1 is 1.12 bits per heavy atom. The van der Waals surface area contributed by atoms with Crippen molar-refractivity contribution >= 4 is 28.5 Å². The number of nitrogens with zero attached hydrogens (tertiary/aromatic N) is 2. The molecule has 0 radical (unpaired) electrons. The molecule has 1 atom stereocenters. The van der Waals surface area contributed by atoms with Crippen LogP contribution in [0.4, 0.5) is 18.9 Å². The quantitative estimate of drug-likeness (QED) is 0.570. The van der Waals surface area contributed by atoms with E-state index in [0.29, 0.717) is 29.7 Å². The molecule has 1 unspecified atom stereocenters. The van der Waals surface area contributed by atoms with Gasteiger partial charge in [0.05, 0.1) is 22.0 Å². The average Bonchev–Trinajstić information content (AvgIpc) is 3.04. The van der Waals surface area contributed by atoms with Crippen molar-refractivity contribution in [2.45, 2.75) is 51.4 Å². The number of aryl methyl sites for hydroxylation is 1. The van der Waals surface area contributed by atoms with Crippen LogP contribution < -0.4 is 10.9 Å². The van der Waals surface area contributed by atoms with Gasteiger partial charge in [-0.1, -0.05) is 12.5 Å². The van der Waals surface area contributed by atoms with Gasteiger partial charge in [-0.25, -0.2) is 9.78 Å². The van der Waals surface area contributed by atoms with Crippen molar-refractivity contribution in [2.75, 3.05) is 5.32 Å². The summed E-state index contributed by atoms with van der Waals surface area (Å²) in [7, 11) is 0. The normalized spacial score (nSPS) is 14.7. The summed E-state index contributed by atoms with van der Waals surface area (Å²) in [5.74, 6) is -0.921. The number of carbonyl (C=O) groups excluding carboxylic acids is 2. The number of anilines is 1. The lowest BCUT2D eigenvalue weighted by molar-refractivity contribution is -0.137. The zero-order valence-electron chi connectivity index (χ0n) is 18.3. The fraction of sp³-hybridized carbons (Fsp3) is 0.333. The lowest BCUT2D eigenvalue weighted by Gasteiger charge is -2.15. The highest BCUT2D eigenvalue weighted by atomic mass is 19.4. The van der Waals surface area contributed by atoms with E-state index < -0.39 is 29.7 Å². The van der Waals surface area contributed by atoms with E-state index in [4.69, 9.17) is 4.74 Å². The lowest BCUT2D eigenvalue weighted by atomic mass is 10.1. The Morgan fingerprint density at radius 3 is 2.68 bits per heavy atom. The van der Waals surface area contributed by atoms with Crippen LogP contribution in [0.2, 0.25) is 0 Å². The molecule has 0 aliphatic carbocycles. The molecule has 34 heavy (non-hydrogen) atoms. The summed E-state index contributed by atoms with van der Waals surface area (Å²) in [5.41, 5.74) is -0.660. The van der Waals surface area contributed by atoms with Gasteiger partial charge in [0.1, 0.15) is 5.82 Å². The summed E-state index contributed by atoms with van der Waals surface area (Å²) in [6, 6.07) is 8.53. The Labute approximate surface area is 192 Å². The van der Waals surface area contributed by atoms with Gasteiger partial charge in [0, 0.05) is 18.7 Å². The fourth-order valence-corrected chi connectivity index (χ4v) is 3.84. The average molecular weight is 473 g/mol. The van der Waals surface area contributed by atoms with Crippen LogP contribution in [0.3, 0.4) is 0 Å². The van der Waals surface area contributed by atoms with Crippen LogP contribution in [0, 0.1) is 0 Å². The summed E-state index contributed by atoms with van der Waals surface area (Å²) in [6.45, 7) is 1.92. The van der Waals surface area contributed by atoms with Crippen molar-refractivity contribution in [2.24, 2.45) is 0 Å². The molecule has 3 aromatic rings. The molecule has 1 amide bonds. The summed E-state index contributed by atoms with van der Waals surface area (Å²) in [4.78, 5) is 42.4. The molecule has 1 N–H and O–H groups in total. The molecule has 0 spiro atoms. The van der Waals surface area contributed by atoms with Gasteiger partial charge in [-0.05, 0) is 56.2 Å². The molecule has 10 heteroatoms. The summed E-state index contributed by atoms with van der Waals surface area (Å²) < 4.78 is 45.5. The van der Waals surface area contributed by atoms with E-state index in [-0.39, 0.29) is 16.8 Å². The first kappa shape index (κ1) is 23.5. The predicted octanol–water partition coefficient (Wildman–Crippen LogP) is 4.33. The van der Waals surface area contributed by atoms with Gasteiger partial charge < -0.3 is 10.1 Å². The van der Waals surface area contributed by atoms with Crippen LogP contribution in [0.1, 0.15) is 47.9 Å². The summed E-state index contributed by atoms with van der Waals surface area (Å²) in [5, 5.41) is 2.70. The second-order valence-electron chi connectivity index (χ2n) is 8.14. The maximum absolute atomic E-state index is 12.9. The van der Waals surface area contributed by atoms with Crippen LogP contribution in [0.25, 0.3) is 10.9 Å². The number of ether oxygens (including phenoxy) is 1. The summed E-state index contributed by atoms with van der Waals surface area (Å²) >= 11 is 0. The molecule has 178 valence electrons. The van der Waals surface area contributed by atoms with Crippen molar-refractivity contribution < 1.29 is 27.5 Å². The maximum atomic E-state index is 12.9. The Hall–Kier alpha value is -3.69. The standard InChI is InChI=1S/C24H22F3N3O4/c1-14(21(31)28-17-7-5-6-16(13-17)24(25,26)27)34-23(33)15-9-10-18-19(12-15)29-20-8-3-2-4-11-30(20)22(18)32/h5-7,9-10,12-14H,2-4,8,11H2,1H3,(H,28,31). The molecule has 0 bridgehead atoms. The number of fused-ring (bicyclic) bond motifs is 2. The number of amides is 1. The smallest absolute Gasteiger partial charge is 0.416 e. The minimum Gasteiger partial charge on any atom is -0.449 e. The number of carbonyl (C=O) groups is 2. The van der Waals surface area contributed by atoms with Crippen LogP contribution in [0.15, 0.2) is 47.3 Å².